The highest BCUT2D eigenvalue weighted by Gasteiger charge is 2.05. The number of hydrogen-bond donors (Lipinski definition) is 2. The third-order valence-electron chi connectivity index (χ3n) is 3.34. The molecule has 0 saturated heterocycles. The Morgan fingerprint density at radius 2 is 2.08 bits per heavy atom. The molecule has 0 aliphatic rings. The van der Waals surface area contributed by atoms with Gasteiger partial charge in [0.25, 0.3) is 0 Å². The first-order valence-electron chi connectivity index (χ1n) is 8.02. The molecular formula is C17H22F2N4S. The van der Waals surface area contributed by atoms with Crippen LogP contribution >= 0.6 is 11.3 Å². The van der Waals surface area contributed by atoms with Crippen molar-refractivity contribution >= 4 is 17.3 Å². The maximum Gasteiger partial charge on any atom is 0.191 e. The molecule has 0 amide bonds. The van der Waals surface area contributed by atoms with Gasteiger partial charge in [0.2, 0.25) is 0 Å². The standard InChI is InChI=1S/C17H22F2N4S/c1-3-14-11-22-16(24-14)7-8-21-17(20-4-2)23-10-12-9-13(18)5-6-15(12)19/h5-6,9,11H,3-4,7-8,10H2,1-2H3,(H2,20,21,23). The summed E-state index contributed by atoms with van der Waals surface area (Å²) in [6, 6.07) is 3.39. The van der Waals surface area contributed by atoms with Crippen LogP contribution in [0.15, 0.2) is 29.4 Å². The van der Waals surface area contributed by atoms with Crippen molar-refractivity contribution in [3.05, 3.63) is 51.5 Å². The van der Waals surface area contributed by atoms with Crippen LogP contribution in [-0.4, -0.2) is 24.0 Å². The topological polar surface area (TPSA) is 49.3 Å². The highest BCUT2D eigenvalue weighted by molar-refractivity contribution is 7.11. The van der Waals surface area contributed by atoms with Crippen molar-refractivity contribution in [3.63, 3.8) is 0 Å². The van der Waals surface area contributed by atoms with Gasteiger partial charge in [-0.1, -0.05) is 6.92 Å². The number of halogens is 2. The maximum atomic E-state index is 13.6. The van der Waals surface area contributed by atoms with Crippen LogP contribution in [0.25, 0.3) is 0 Å². The fourth-order valence-corrected chi connectivity index (χ4v) is 2.95. The Kier molecular flexibility index (Phi) is 7.11. The Labute approximate surface area is 145 Å². The van der Waals surface area contributed by atoms with Crippen LogP contribution in [0, 0.1) is 11.6 Å². The second kappa shape index (κ2) is 9.32. The van der Waals surface area contributed by atoms with E-state index in [1.165, 1.54) is 10.9 Å². The van der Waals surface area contributed by atoms with Crippen LogP contribution < -0.4 is 10.6 Å². The molecule has 0 spiro atoms. The normalized spacial score (nSPS) is 11.6. The Hall–Kier alpha value is -2.02. The molecule has 0 atom stereocenters. The lowest BCUT2D eigenvalue weighted by molar-refractivity contribution is 0.585. The number of nitrogens with one attached hydrogen (secondary N) is 2. The van der Waals surface area contributed by atoms with E-state index in [2.05, 4.69) is 27.5 Å². The van der Waals surface area contributed by atoms with Gasteiger partial charge in [-0.05, 0) is 31.5 Å². The molecule has 1 aromatic carbocycles. The van der Waals surface area contributed by atoms with Crippen molar-refractivity contribution in [2.24, 2.45) is 4.99 Å². The molecule has 0 unspecified atom stereocenters. The minimum absolute atomic E-state index is 0.0795. The van der Waals surface area contributed by atoms with Gasteiger partial charge in [0.05, 0.1) is 11.6 Å². The molecule has 0 aliphatic heterocycles. The summed E-state index contributed by atoms with van der Waals surface area (Å²) in [5.74, 6) is -0.339. The fourth-order valence-electron chi connectivity index (χ4n) is 2.09. The number of thiazole rings is 1. The molecule has 1 heterocycles. The highest BCUT2D eigenvalue weighted by Crippen LogP contribution is 2.13. The SMILES string of the molecule is CCNC(=NCc1cc(F)ccc1F)NCCc1ncc(CC)s1. The molecule has 0 saturated carbocycles. The van der Waals surface area contributed by atoms with Gasteiger partial charge >= 0.3 is 0 Å². The average molecular weight is 352 g/mol. The number of benzene rings is 1. The average Bonchev–Trinajstić information content (AvgIpc) is 3.03. The Balaban J connectivity index is 1.91. The summed E-state index contributed by atoms with van der Waals surface area (Å²) in [5.41, 5.74) is 0.236. The van der Waals surface area contributed by atoms with Gasteiger partial charge < -0.3 is 10.6 Å². The van der Waals surface area contributed by atoms with Crippen molar-refractivity contribution in [2.45, 2.75) is 33.2 Å². The van der Waals surface area contributed by atoms with E-state index < -0.39 is 11.6 Å². The van der Waals surface area contributed by atoms with Gasteiger partial charge in [0.1, 0.15) is 11.6 Å². The van der Waals surface area contributed by atoms with E-state index in [0.717, 1.165) is 30.0 Å². The van der Waals surface area contributed by atoms with E-state index in [4.69, 9.17) is 0 Å². The van der Waals surface area contributed by atoms with E-state index in [1.807, 2.05) is 13.1 Å². The van der Waals surface area contributed by atoms with Gasteiger partial charge in [0.15, 0.2) is 5.96 Å². The first-order valence-corrected chi connectivity index (χ1v) is 8.83. The highest BCUT2D eigenvalue weighted by atomic mass is 32.1. The zero-order valence-electron chi connectivity index (χ0n) is 13.9. The van der Waals surface area contributed by atoms with Crippen LogP contribution in [0.5, 0.6) is 0 Å². The third kappa shape index (κ3) is 5.56. The molecule has 2 aromatic rings. The molecule has 24 heavy (non-hydrogen) atoms. The minimum Gasteiger partial charge on any atom is -0.357 e. The summed E-state index contributed by atoms with van der Waals surface area (Å²) >= 11 is 1.71. The van der Waals surface area contributed by atoms with Crippen LogP contribution in [0.3, 0.4) is 0 Å². The number of nitrogens with zero attached hydrogens (tertiary/aromatic N) is 2. The first-order chi connectivity index (χ1) is 11.6. The predicted octanol–water partition coefficient (Wildman–Crippen LogP) is 3.28. The first kappa shape index (κ1) is 18.3. The Morgan fingerprint density at radius 3 is 2.79 bits per heavy atom. The largest absolute Gasteiger partial charge is 0.357 e. The smallest absolute Gasteiger partial charge is 0.191 e. The number of aliphatic imine (C=N–C) groups is 1. The van der Waals surface area contributed by atoms with Gasteiger partial charge in [0, 0.05) is 36.1 Å². The van der Waals surface area contributed by atoms with Crippen LogP contribution in [0.2, 0.25) is 0 Å². The molecule has 0 aliphatic carbocycles. The van der Waals surface area contributed by atoms with Crippen molar-refractivity contribution < 1.29 is 8.78 Å². The maximum absolute atomic E-state index is 13.6. The molecule has 2 rings (SSSR count). The zero-order valence-corrected chi connectivity index (χ0v) is 14.7. The van der Waals surface area contributed by atoms with E-state index in [1.54, 1.807) is 11.3 Å². The number of aromatic nitrogens is 1. The number of hydrogen-bond acceptors (Lipinski definition) is 3. The summed E-state index contributed by atoms with van der Waals surface area (Å²) in [6.45, 7) is 5.50. The summed E-state index contributed by atoms with van der Waals surface area (Å²) in [5, 5.41) is 7.36. The minimum atomic E-state index is -0.463. The monoisotopic (exact) mass is 352 g/mol. The van der Waals surface area contributed by atoms with Gasteiger partial charge in [-0.2, -0.15) is 0 Å². The predicted molar refractivity (Wildman–Crippen MR) is 94.4 cm³/mol. The number of aryl methyl sites for hydroxylation is 1. The molecule has 0 radical (unpaired) electrons. The van der Waals surface area contributed by atoms with E-state index in [0.29, 0.717) is 19.0 Å². The molecule has 4 nitrogen and oxygen atoms in total. The van der Waals surface area contributed by atoms with Crippen LogP contribution in [0.4, 0.5) is 8.78 Å². The number of rotatable bonds is 7. The zero-order chi connectivity index (χ0) is 17.4. The quantitative estimate of drug-likeness (QED) is 0.594. The molecule has 0 bridgehead atoms. The third-order valence-corrected chi connectivity index (χ3v) is 4.54. The Morgan fingerprint density at radius 1 is 1.25 bits per heavy atom. The van der Waals surface area contributed by atoms with Crippen LogP contribution in [-0.2, 0) is 19.4 Å². The Bertz CT molecular complexity index is 685. The summed E-state index contributed by atoms with van der Waals surface area (Å²) in [4.78, 5) is 9.95. The summed E-state index contributed by atoms with van der Waals surface area (Å²) < 4.78 is 26.8. The second-order valence-corrected chi connectivity index (χ2v) is 6.38. The van der Waals surface area contributed by atoms with E-state index >= 15 is 0 Å². The second-order valence-electron chi connectivity index (χ2n) is 5.18. The van der Waals surface area contributed by atoms with Gasteiger partial charge in [-0.15, -0.1) is 11.3 Å². The van der Waals surface area contributed by atoms with Crippen molar-refractivity contribution in [1.29, 1.82) is 0 Å². The fraction of sp³-hybridized carbons (Fsp3) is 0.412. The lowest BCUT2D eigenvalue weighted by atomic mass is 10.2. The lowest BCUT2D eigenvalue weighted by Gasteiger charge is -2.10. The lowest BCUT2D eigenvalue weighted by Crippen LogP contribution is -2.38. The van der Waals surface area contributed by atoms with Crippen molar-refractivity contribution in [1.82, 2.24) is 15.6 Å². The van der Waals surface area contributed by atoms with Gasteiger partial charge in [-0.3, -0.25) is 0 Å². The molecule has 130 valence electrons. The molecule has 2 N–H and O–H groups in total. The molecular weight excluding hydrogens is 330 g/mol. The van der Waals surface area contributed by atoms with E-state index in [9.17, 15) is 8.78 Å². The van der Waals surface area contributed by atoms with Gasteiger partial charge in [-0.25, -0.2) is 18.8 Å². The number of guanidine groups is 1. The van der Waals surface area contributed by atoms with Crippen molar-refractivity contribution in [2.75, 3.05) is 13.1 Å². The van der Waals surface area contributed by atoms with E-state index in [-0.39, 0.29) is 12.1 Å². The summed E-state index contributed by atoms with van der Waals surface area (Å²) in [7, 11) is 0. The van der Waals surface area contributed by atoms with Crippen LogP contribution in [0.1, 0.15) is 29.3 Å². The van der Waals surface area contributed by atoms with Crippen molar-refractivity contribution in [3.8, 4) is 0 Å². The molecule has 7 heteroatoms. The molecule has 0 fully saturated rings. The molecule has 1 aromatic heterocycles. The summed E-state index contributed by atoms with van der Waals surface area (Å²) in [6.07, 6.45) is 3.70.